The van der Waals surface area contributed by atoms with Crippen molar-refractivity contribution in [2.24, 2.45) is 5.41 Å². The highest BCUT2D eigenvalue weighted by atomic mass is 35.5. The normalized spacial score (nSPS) is 14.9. The lowest BCUT2D eigenvalue weighted by molar-refractivity contribution is 0.102. The van der Waals surface area contributed by atoms with E-state index in [1.807, 2.05) is 11.8 Å². The highest BCUT2D eigenvalue weighted by Crippen LogP contribution is 2.39. The second-order valence-electron chi connectivity index (χ2n) is 9.57. The first kappa shape index (κ1) is 26.7. The highest BCUT2D eigenvalue weighted by Gasteiger charge is 2.31. The number of aromatic nitrogens is 4. The molecular formula is C26H25ClFN7O3S. The van der Waals surface area contributed by atoms with Gasteiger partial charge in [0.1, 0.15) is 16.5 Å². The molecule has 0 atom stereocenters. The van der Waals surface area contributed by atoms with Crippen LogP contribution in [0.4, 0.5) is 21.7 Å². The number of pyridine rings is 1. The average molecular weight is 570 g/mol. The maximum Gasteiger partial charge on any atom is 0.274 e. The van der Waals surface area contributed by atoms with Crippen LogP contribution in [0.3, 0.4) is 0 Å². The quantitative estimate of drug-likeness (QED) is 0.308. The highest BCUT2D eigenvalue weighted by molar-refractivity contribution is 7.99. The largest absolute Gasteiger partial charge is 0.493 e. The smallest absolute Gasteiger partial charge is 0.274 e. The summed E-state index contributed by atoms with van der Waals surface area (Å²) >= 11 is 7.75. The van der Waals surface area contributed by atoms with E-state index in [1.165, 1.54) is 24.0 Å². The summed E-state index contributed by atoms with van der Waals surface area (Å²) < 4.78 is 14.5. The summed E-state index contributed by atoms with van der Waals surface area (Å²) in [6.07, 6.45) is 4.51. The van der Waals surface area contributed by atoms with Gasteiger partial charge in [-0.25, -0.2) is 9.97 Å². The van der Waals surface area contributed by atoms with E-state index >= 15 is 0 Å². The van der Waals surface area contributed by atoms with Gasteiger partial charge in [-0.3, -0.25) is 18.4 Å². The lowest BCUT2D eigenvalue weighted by Crippen LogP contribution is -2.40. The van der Waals surface area contributed by atoms with E-state index < -0.39 is 22.9 Å². The van der Waals surface area contributed by atoms with Crippen molar-refractivity contribution in [3.63, 3.8) is 0 Å². The molecule has 202 valence electrons. The molecule has 1 fully saturated rings. The Hall–Kier alpha value is -3.90. The molecule has 0 aliphatic carbocycles. The Bertz CT molecular complexity index is 1630. The topological polar surface area (TPSA) is 139 Å². The van der Waals surface area contributed by atoms with E-state index in [4.69, 9.17) is 17.3 Å². The number of nitrogens with two attached hydrogens (primary N) is 1. The number of hydrogen-bond acceptors (Lipinski definition) is 9. The number of nitrogens with one attached hydrogen (secondary N) is 1. The third kappa shape index (κ3) is 5.34. The number of aromatic hydroxyl groups is 1. The molecule has 13 heteroatoms. The minimum absolute atomic E-state index is 0.191. The minimum atomic E-state index is -0.860. The Morgan fingerprint density at radius 2 is 2.00 bits per heavy atom. The molecule has 4 heterocycles. The number of hydrogen-bond donors (Lipinski definition) is 3. The number of benzene rings is 1. The van der Waals surface area contributed by atoms with E-state index in [9.17, 15) is 19.1 Å². The van der Waals surface area contributed by atoms with Crippen molar-refractivity contribution in [3.05, 3.63) is 69.7 Å². The molecule has 1 aromatic carbocycles. The van der Waals surface area contributed by atoms with E-state index in [0.29, 0.717) is 28.8 Å². The molecule has 1 saturated heterocycles. The van der Waals surface area contributed by atoms with Gasteiger partial charge < -0.3 is 21.1 Å². The van der Waals surface area contributed by atoms with Crippen molar-refractivity contribution in [1.29, 1.82) is 0 Å². The van der Waals surface area contributed by atoms with Crippen LogP contribution in [-0.2, 0) is 0 Å². The Morgan fingerprint density at radius 3 is 2.72 bits per heavy atom. The number of fused-ring (bicyclic) bond motifs is 1. The number of alkyl halides is 1. The first-order valence-corrected chi connectivity index (χ1v) is 13.3. The zero-order valence-electron chi connectivity index (χ0n) is 20.9. The molecule has 39 heavy (non-hydrogen) atoms. The first-order valence-electron chi connectivity index (χ1n) is 12.1. The molecule has 1 aliphatic heterocycles. The summed E-state index contributed by atoms with van der Waals surface area (Å²) in [5, 5.41) is 13.5. The van der Waals surface area contributed by atoms with Gasteiger partial charge in [-0.05, 0) is 42.5 Å². The van der Waals surface area contributed by atoms with Gasteiger partial charge in [0, 0.05) is 24.2 Å². The summed E-state index contributed by atoms with van der Waals surface area (Å²) in [5.74, 6) is -0.708. The number of amides is 1. The molecule has 0 bridgehead atoms. The molecule has 5 rings (SSSR count). The summed E-state index contributed by atoms with van der Waals surface area (Å²) in [6, 6.07) is 9.77. The second-order valence-corrected chi connectivity index (χ2v) is 11.0. The van der Waals surface area contributed by atoms with Gasteiger partial charge in [0.2, 0.25) is 5.88 Å². The van der Waals surface area contributed by atoms with Crippen LogP contribution in [-0.4, -0.2) is 50.1 Å². The van der Waals surface area contributed by atoms with E-state index in [-0.39, 0.29) is 34.3 Å². The van der Waals surface area contributed by atoms with Crippen LogP contribution in [0.15, 0.2) is 63.5 Å². The predicted molar refractivity (Wildman–Crippen MR) is 149 cm³/mol. The summed E-state index contributed by atoms with van der Waals surface area (Å²) in [4.78, 5) is 41.2. The van der Waals surface area contributed by atoms with Crippen LogP contribution in [0.25, 0.3) is 5.65 Å². The monoisotopic (exact) mass is 569 g/mol. The molecular weight excluding hydrogens is 545 g/mol. The molecule has 1 aliphatic rings. The van der Waals surface area contributed by atoms with Crippen molar-refractivity contribution >= 4 is 52.2 Å². The van der Waals surface area contributed by atoms with Crippen LogP contribution in [0.5, 0.6) is 5.88 Å². The Labute approximate surface area is 232 Å². The minimum Gasteiger partial charge on any atom is -0.493 e. The molecule has 1 amide bonds. The molecule has 0 spiro atoms. The Kier molecular flexibility index (Phi) is 7.32. The van der Waals surface area contributed by atoms with Crippen molar-refractivity contribution in [1.82, 2.24) is 19.4 Å². The fraction of sp³-hybridized carbons (Fsp3) is 0.269. The Balaban J connectivity index is 1.34. The number of nitrogens with zero attached hydrogens (tertiary/aromatic N) is 5. The summed E-state index contributed by atoms with van der Waals surface area (Å²) in [5.41, 5.74) is 5.10. The molecule has 0 saturated carbocycles. The van der Waals surface area contributed by atoms with Crippen molar-refractivity contribution < 1.29 is 14.3 Å². The van der Waals surface area contributed by atoms with E-state index in [1.54, 1.807) is 36.5 Å². The van der Waals surface area contributed by atoms with Gasteiger partial charge in [0.05, 0.1) is 23.6 Å². The fourth-order valence-electron chi connectivity index (χ4n) is 4.27. The lowest BCUT2D eigenvalue weighted by atomic mass is 9.82. The van der Waals surface area contributed by atoms with Gasteiger partial charge in [0.15, 0.2) is 11.4 Å². The number of carbonyl (C=O) groups is 1. The fourth-order valence-corrected chi connectivity index (χ4v) is 5.37. The van der Waals surface area contributed by atoms with Crippen molar-refractivity contribution in [3.8, 4) is 5.88 Å². The summed E-state index contributed by atoms with van der Waals surface area (Å²) in [6.45, 7) is 2.94. The number of anilines is 3. The van der Waals surface area contributed by atoms with Gasteiger partial charge in [-0.2, -0.15) is 4.98 Å². The van der Waals surface area contributed by atoms with Gasteiger partial charge in [-0.15, -0.1) is 0 Å². The number of piperidine rings is 1. The lowest BCUT2D eigenvalue weighted by Gasteiger charge is -2.38. The van der Waals surface area contributed by atoms with Crippen LogP contribution >= 0.6 is 23.4 Å². The summed E-state index contributed by atoms with van der Waals surface area (Å²) in [7, 11) is 0. The molecule has 10 nitrogen and oxygen atoms in total. The van der Waals surface area contributed by atoms with Crippen LogP contribution in [0, 0.1) is 5.41 Å². The van der Waals surface area contributed by atoms with Crippen LogP contribution in [0.2, 0.25) is 5.02 Å². The third-order valence-electron chi connectivity index (χ3n) is 6.73. The third-order valence-corrected chi connectivity index (χ3v) is 8.32. The number of carbonyl (C=O) groups excluding carboxylic acids is 1. The predicted octanol–water partition coefficient (Wildman–Crippen LogP) is 4.41. The second kappa shape index (κ2) is 10.7. The molecule has 4 aromatic rings. The molecule has 3 aromatic heterocycles. The van der Waals surface area contributed by atoms with Gasteiger partial charge in [0.25, 0.3) is 11.5 Å². The number of nitrogen functional groups attached to an aromatic ring is 1. The maximum atomic E-state index is 13.3. The molecule has 0 unspecified atom stereocenters. The maximum absolute atomic E-state index is 13.3. The SMILES string of the molecule is CC1(CF)CCN(c2cnc(Sc3cccc(NC(=O)c4c(O)nc5ccccn5c4=O)c3Cl)c(N)n2)CC1. The zero-order valence-corrected chi connectivity index (χ0v) is 22.5. The number of rotatable bonds is 6. The standard InChI is InChI=1S/C26H25ClFN7O3S/c1-26(14-28)8-11-34(12-9-26)18-13-30-24(21(29)32-18)39-16-6-4-5-15(20(16)27)31-22(36)19-23(37)33-17-7-2-3-10-35(17)25(19)38/h2-7,10,13,37H,8-9,11-12,14H2,1H3,(H2,29,32)(H,31,36). The van der Waals surface area contributed by atoms with Gasteiger partial charge >= 0.3 is 0 Å². The Morgan fingerprint density at radius 1 is 1.23 bits per heavy atom. The van der Waals surface area contributed by atoms with Crippen LogP contribution < -0.4 is 21.5 Å². The number of halogens is 2. The first-order chi connectivity index (χ1) is 18.7. The average Bonchev–Trinajstić information content (AvgIpc) is 2.92. The van der Waals surface area contributed by atoms with Crippen LogP contribution in [0.1, 0.15) is 30.1 Å². The zero-order chi connectivity index (χ0) is 27.7. The van der Waals surface area contributed by atoms with E-state index in [2.05, 4.69) is 20.3 Å². The molecule has 4 N–H and O–H groups in total. The van der Waals surface area contributed by atoms with E-state index in [0.717, 1.165) is 17.2 Å². The van der Waals surface area contributed by atoms with Gasteiger partial charge in [-0.1, -0.05) is 42.4 Å². The van der Waals surface area contributed by atoms with Crippen molar-refractivity contribution in [2.75, 3.05) is 35.7 Å². The molecule has 0 radical (unpaired) electrons. The van der Waals surface area contributed by atoms with Crippen molar-refractivity contribution in [2.45, 2.75) is 29.7 Å².